The van der Waals surface area contributed by atoms with Crippen molar-refractivity contribution in [1.82, 2.24) is 10.2 Å². The highest BCUT2D eigenvalue weighted by Gasteiger charge is 2.40. The van der Waals surface area contributed by atoms with E-state index in [1.807, 2.05) is 0 Å². The smallest absolute Gasteiger partial charge is 0.255 e. The van der Waals surface area contributed by atoms with Gasteiger partial charge in [-0.2, -0.15) is 0 Å². The molecule has 134 valence electrons. The number of carbonyl (C=O) groups excluding carboxylic acids is 3. The lowest BCUT2D eigenvalue weighted by molar-refractivity contribution is -0.136. The summed E-state index contributed by atoms with van der Waals surface area (Å²) in [6.07, 6.45) is 0.0402. The van der Waals surface area contributed by atoms with Gasteiger partial charge in [0.15, 0.2) is 6.29 Å². The summed E-state index contributed by atoms with van der Waals surface area (Å²) >= 11 is 0. The van der Waals surface area contributed by atoms with Gasteiger partial charge in [0, 0.05) is 31.8 Å². The zero-order valence-electron chi connectivity index (χ0n) is 14.1. The summed E-state index contributed by atoms with van der Waals surface area (Å²) in [5, 5.41) is 2.29. The molecular weight excluding hydrogens is 328 g/mol. The van der Waals surface area contributed by atoms with Crippen molar-refractivity contribution in [3.63, 3.8) is 0 Å². The number of nitrogens with zero attached hydrogens (tertiary/aromatic N) is 1. The summed E-state index contributed by atoms with van der Waals surface area (Å²) in [5.74, 6) is -0.414. The Bertz CT molecular complexity index is 700. The second-order valence-corrected chi connectivity index (χ2v) is 5.89. The zero-order valence-corrected chi connectivity index (χ0v) is 14.1. The van der Waals surface area contributed by atoms with Gasteiger partial charge in [-0.1, -0.05) is 6.07 Å². The quantitative estimate of drug-likeness (QED) is 0.592. The molecular formula is C17H20N2O6. The number of piperidine rings is 1. The summed E-state index contributed by atoms with van der Waals surface area (Å²) < 4.78 is 15.9. The number of amides is 3. The lowest BCUT2D eigenvalue weighted by Crippen LogP contribution is -2.52. The predicted molar refractivity (Wildman–Crippen MR) is 85.8 cm³/mol. The average molecular weight is 348 g/mol. The Morgan fingerprint density at radius 2 is 2.00 bits per heavy atom. The van der Waals surface area contributed by atoms with E-state index < -0.39 is 18.2 Å². The Labute approximate surface area is 145 Å². The van der Waals surface area contributed by atoms with Crippen LogP contribution in [0.4, 0.5) is 0 Å². The molecule has 1 aromatic rings. The molecule has 1 atom stereocenters. The van der Waals surface area contributed by atoms with E-state index in [-0.39, 0.29) is 31.4 Å². The van der Waals surface area contributed by atoms with E-state index in [9.17, 15) is 14.4 Å². The highest BCUT2D eigenvalue weighted by Crippen LogP contribution is 2.33. The first-order valence-electron chi connectivity index (χ1n) is 8.00. The van der Waals surface area contributed by atoms with Crippen LogP contribution in [0.3, 0.4) is 0 Å². The first-order chi connectivity index (χ1) is 12.0. The molecule has 0 aliphatic carbocycles. The normalized spacial score (nSPS) is 20.0. The summed E-state index contributed by atoms with van der Waals surface area (Å²) in [6.45, 7) is 0.442. The third-order valence-electron chi connectivity index (χ3n) is 4.44. The lowest BCUT2D eigenvalue weighted by atomic mass is 10.0. The number of fused-ring (bicyclic) bond motifs is 1. The summed E-state index contributed by atoms with van der Waals surface area (Å²) in [5.41, 5.74) is 1.23. The summed E-state index contributed by atoms with van der Waals surface area (Å²) in [4.78, 5) is 37.6. The molecule has 0 aromatic heterocycles. The van der Waals surface area contributed by atoms with Gasteiger partial charge in [-0.05, 0) is 18.6 Å². The fourth-order valence-corrected chi connectivity index (χ4v) is 3.08. The molecule has 25 heavy (non-hydrogen) atoms. The largest absolute Gasteiger partial charge is 0.488 e. The van der Waals surface area contributed by atoms with Crippen LogP contribution in [0.25, 0.3) is 0 Å². The van der Waals surface area contributed by atoms with E-state index in [4.69, 9.17) is 14.2 Å². The maximum absolute atomic E-state index is 12.7. The van der Waals surface area contributed by atoms with Crippen molar-refractivity contribution >= 4 is 17.7 Å². The monoisotopic (exact) mass is 348 g/mol. The number of benzene rings is 1. The molecule has 1 unspecified atom stereocenters. The molecule has 2 aliphatic rings. The van der Waals surface area contributed by atoms with E-state index in [1.165, 1.54) is 19.1 Å². The zero-order chi connectivity index (χ0) is 18.0. The molecule has 8 heteroatoms. The number of ether oxygens (including phenoxy) is 3. The van der Waals surface area contributed by atoms with E-state index in [0.29, 0.717) is 17.7 Å². The molecule has 1 saturated heterocycles. The molecule has 8 nitrogen and oxygen atoms in total. The van der Waals surface area contributed by atoms with E-state index in [1.54, 1.807) is 18.2 Å². The van der Waals surface area contributed by atoms with Crippen molar-refractivity contribution in [3.05, 3.63) is 29.3 Å². The molecule has 3 amide bonds. The molecule has 1 aromatic carbocycles. The second-order valence-electron chi connectivity index (χ2n) is 5.89. The van der Waals surface area contributed by atoms with Crippen LogP contribution in [0.5, 0.6) is 5.75 Å². The maximum atomic E-state index is 12.7. The van der Waals surface area contributed by atoms with Crippen LogP contribution in [-0.4, -0.2) is 55.8 Å². The van der Waals surface area contributed by atoms with Crippen molar-refractivity contribution in [1.29, 1.82) is 0 Å². The Kier molecular flexibility index (Phi) is 5.00. The molecule has 2 aliphatic heterocycles. The minimum atomic E-state index is -0.642. The van der Waals surface area contributed by atoms with Crippen LogP contribution in [-0.2, 0) is 25.6 Å². The topological polar surface area (TPSA) is 94.2 Å². The average Bonchev–Trinajstić information content (AvgIpc) is 2.93. The minimum Gasteiger partial charge on any atom is -0.488 e. The van der Waals surface area contributed by atoms with Gasteiger partial charge in [-0.15, -0.1) is 0 Å². The number of hydrogen-bond acceptors (Lipinski definition) is 6. The van der Waals surface area contributed by atoms with E-state index >= 15 is 0 Å². The van der Waals surface area contributed by atoms with Gasteiger partial charge in [0.2, 0.25) is 11.8 Å². The van der Waals surface area contributed by atoms with Crippen LogP contribution >= 0.6 is 0 Å². The summed E-state index contributed by atoms with van der Waals surface area (Å²) in [7, 11) is 3.03. The summed E-state index contributed by atoms with van der Waals surface area (Å²) in [6, 6.07) is 4.56. The number of methoxy groups -OCH3 is 2. The van der Waals surface area contributed by atoms with Gasteiger partial charge in [0.25, 0.3) is 5.91 Å². The fraction of sp³-hybridized carbons (Fsp3) is 0.471. The molecule has 0 bridgehead atoms. The van der Waals surface area contributed by atoms with Crippen molar-refractivity contribution in [2.75, 3.05) is 20.8 Å². The molecule has 0 spiro atoms. The van der Waals surface area contributed by atoms with Crippen molar-refractivity contribution in [2.24, 2.45) is 0 Å². The number of hydrogen-bond donors (Lipinski definition) is 1. The minimum absolute atomic E-state index is 0.177. The third-order valence-corrected chi connectivity index (χ3v) is 4.44. The van der Waals surface area contributed by atoms with Gasteiger partial charge < -0.3 is 19.1 Å². The molecule has 0 radical (unpaired) electrons. The van der Waals surface area contributed by atoms with Crippen LogP contribution in [0.1, 0.15) is 28.8 Å². The maximum Gasteiger partial charge on any atom is 0.255 e. The van der Waals surface area contributed by atoms with Gasteiger partial charge in [-0.25, -0.2) is 0 Å². The van der Waals surface area contributed by atoms with Crippen LogP contribution in [0.2, 0.25) is 0 Å². The molecule has 3 rings (SSSR count). The molecule has 1 N–H and O–H groups in total. The Hall–Kier alpha value is -2.45. The SMILES string of the molecule is COC(COc1cccc2c1CN(C1CCC(=O)NC1=O)C2=O)OC. The van der Waals surface area contributed by atoms with Crippen molar-refractivity contribution < 1.29 is 28.6 Å². The van der Waals surface area contributed by atoms with Crippen LogP contribution in [0, 0.1) is 0 Å². The lowest BCUT2D eigenvalue weighted by Gasteiger charge is -2.29. The second kappa shape index (κ2) is 7.20. The number of rotatable bonds is 6. The number of imide groups is 1. The number of nitrogens with one attached hydrogen (secondary N) is 1. The molecule has 1 fully saturated rings. The first-order valence-corrected chi connectivity index (χ1v) is 8.00. The predicted octanol–water partition coefficient (Wildman–Crippen LogP) is 0.445. The van der Waals surface area contributed by atoms with Gasteiger partial charge in [0.1, 0.15) is 18.4 Å². The molecule has 0 saturated carbocycles. The highest BCUT2D eigenvalue weighted by molar-refractivity contribution is 6.05. The van der Waals surface area contributed by atoms with Crippen LogP contribution in [0.15, 0.2) is 18.2 Å². The Morgan fingerprint density at radius 3 is 2.68 bits per heavy atom. The Morgan fingerprint density at radius 1 is 1.24 bits per heavy atom. The van der Waals surface area contributed by atoms with Gasteiger partial charge >= 0.3 is 0 Å². The van der Waals surface area contributed by atoms with E-state index in [2.05, 4.69) is 5.32 Å². The standard InChI is InChI=1S/C17H20N2O6/c1-23-15(24-2)9-25-13-5-3-4-10-11(13)8-19(17(10)22)12-6-7-14(20)18-16(12)21/h3-5,12,15H,6-9H2,1-2H3,(H,18,20,21). The first kappa shape index (κ1) is 17.4. The third kappa shape index (κ3) is 3.35. The van der Waals surface area contributed by atoms with Crippen molar-refractivity contribution in [3.8, 4) is 5.75 Å². The van der Waals surface area contributed by atoms with E-state index in [0.717, 1.165) is 5.56 Å². The van der Waals surface area contributed by atoms with Gasteiger partial charge in [-0.3, -0.25) is 19.7 Å². The van der Waals surface area contributed by atoms with Crippen LogP contribution < -0.4 is 10.1 Å². The highest BCUT2D eigenvalue weighted by atomic mass is 16.7. The van der Waals surface area contributed by atoms with Crippen molar-refractivity contribution in [2.45, 2.75) is 31.7 Å². The molecule has 2 heterocycles. The van der Waals surface area contributed by atoms with Gasteiger partial charge in [0.05, 0.1) is 6.54 Å². The fourth-order valence-electron chi connectivity index (χ4n) is 3.08. The number of carbonyl (C=O) groups is 3. The Balaban J connectivity index is 1.78.